The predicted molar refractivity (Wildman–Crippen MR) is 130 cm³/mol. The molecule has 170 valence electrons. The Kier molecular flexibility index (Phi) is 6.66. The fraction of sp³-hybridized carbons (Fsp3) is 0.261. The molecular formula is C23H22N4O4S2. The molecular weight excluding hydrogens is 460 g/mol. The van der Waals surface area contributed by atoms with E-state index in [9.17, 15) is 14.4 Å². The highest BCUT2D eigenvalue weighted by atomic mass is 32.1. The summed E-state index contributed by atoms with van der Waals surface area (Å²) in [6.45, 7) is 5.91. The number of carbonyl (C=O) groups excluding carboxylic acids is 2. The lowest BCUT2D eigenvalue weighted by molar-refractivity contribution is -0.142. The summed E-state index contributed by atoms with van der Waals surface area (Å²) in [5.74, 6) is -0.778. The van der Waals surface area contributed by atoms with Gasteiger partial charge in [-0.3, -0.25) is 19.0 Å². The van der Waals surface area contributed by atoms with E-state index in [0.717, 1.165) is 16.7 Å². The van der Waals surface area contributed by atoms with Crippen molar-refractivity contribution in [1.82, 2.24) is 14.5 Å². The molecule has 10 heteroatoms. The zero-order valence-corrected chi connectivity index (χ0v) is 20.0. The van der Waals surface area contributed by atoms with Gasteiger partial charge in [-0.1, -0.05) is 18.2 Å². The zero-order chi connectivity index (χ0) is 23.5. The summed E-state index contributed by atoms with van der Waals surface area (Å²) in [5, 5.41) is 7.15. The van der Waals surface area contributed by atoms with Crippen molar-refractivity contribution in [2.75, 3.05) is 11.9 Å². The van der Waals surface area contributed by atoms with Crippen LogP contribution in [0.15, 0.2) is 40.1 Å². The summed E-state index contributed by atoms with van der Waals surface area (Å²) in [6, 6.07) is 6.07. The molecule has 1 aromatic carbocycles. The van der Waals surface area contributed by atoms with Crippen LogP contribution >= 0.6 is 22.7 Å². The second-order valence-corrected chi connectivity index (χ2v) is 9.20. The van der Waals surface area contributed by atoms with Crippen molar-refractivity contribution < 1.29 is 14.3 Å². The first-order valence-corrected chi connectivity index (χ1v) is 12.1. The fourth-order valence-electron chi connectivity index (χ4n) is 3.32. The minimum atomic E-state index is -0.404. The number of nitrogens with zero attached hydrogens (tertiary/aromatic N) is 3. The quantitative estimate of drug-likeness (QED) is 0.400. The number of aryl methyl sites for hydroxylation is 2. The number of anilines is 1. The van der Waals surface area contributed by atoms with E-state index in [0.29, 0.717) is 27.6 Å². The number of hydrogen-bond acceptors (Lipinski definition) is 8. The van der Waals surface area contributed by atoms with E-state index in [-0.39, 0.29) is 24.5 Å². The Balaban J connectivity index is 1.53. The maximum Gasteiger partial charge on any atom is 0.311 e. The van der Waals surface area contributed by atoms with Crippen molar-refractivity contribution in [3.8, 4) is 11.1 Å². The van der Waals surface area contributed by atoms with Crippen molar-refractivity contribution in [2.45, 2.75) is 33.7 Å². The van der Waals surface area contributed by atoms with Gasteiger partial charge in [0.25, 0.3) is 5.56 Å². The molecule has 0 radical (unpaired) electrons. The highest BCUT2D eigenvalue weighted by Crippen LogP contribution is 2.31. The zero-order valence-electron chi connectivity index (χ0n) is 18.4. The van der Waals surface area contributed by atoms with Crippen LogP contribution in [0.25, 0.3) is 21.3 Å². The number of carbonyl (C=O) groups is 2. The van der Waals surface area contributed by atoms with Gasteiger partial charge >= 0.3 is 5.97 Å². The summed E-state index contributed by atoms with van der Waals surface area (Å²) >= 11 is 2.61. The maximum atomic E-state index is 13.2. The average molecular weight is 483 g/mol. The molecule has 0 atom stereocenters. The van der Waals surface area contributed by atoms with Gasteiger partial charge in [-0.15, -0.1) is 22.7 Å². The molecule has 0 fully saturated rings. The van der Waals surface area contributed by atoms with Crippen LogP contribution in [-0.2, 0) is 27.3 Å². The summed E-state index contributed by atoms with van der Waals surface area (Å²) in [7, 11) is 0. The van der Waals surface area contributed by atoms with Crippen molar-refractivity contribution >= 4 is 49.9 Å². The van der Waals surface area contributed by atoms with Gasteiger partial charge in [0.2, 0.25) is 5.91 Å². The number of fused-ring (bicyclic) bond motifs is 1. The van der Waals surface area contributed by atoms with Crippen LogP contribution < -0.4 is 10.9 Å². The number of nitrogens with one attached hydrogen (secondary N) is 1. The second-order valence-electron chi connectivity index (χ2n) is 7.48. The normalized spacial score (nSPS) is 11.0. The first-order chi connectivity index (χ1) is 15.9. The molecule has 0 saturated heterocycles. The Morgan fingerprint density at radius 2 is 1.97 bits per heavy atom. The third kappa shape index (κ3) is 5.01. The monoisotopic (exact) mass is 482 g/mol. The lowest BCUT2D eigenvalue weighted by atomic mass is 10.0. The molecule has 3 aromatic heterocycles. The van der Waals surface area contributed by atoms with E-state index in [1.54, 1.807) is 12.3 Å². The van der Waals surface area contributed by atoms with Gasteiger partial charge in [0.15, 0.2) is 5.13 Å². The number of aromatic nitrogens is 3. The lowest BCUT2D eigenvalue weighted by Crippen LogP contribution is -2.27. The van der Waals surface area contributed by atoms with Crippen LogP contribution in [0.2, 0.25) is 0 Å². The number of ether oxygens (including phenoxy) is 1. The molecule has 8 nitrogen and oxygen atoms in total. The summed E-state index contributed by atoms with van der Waals surface area (Å²) in [4.78, 5) is 46.6. The molecule has 1 N–H and O–H groups in total. The standard InChI is InChI=1S/C23H22N4O4S2/c1-4-31-19(29)8-16-10-33-23(25-16)26-18(28)9-27-12-24-21-20(22(27)30)17(11-32-21)15-6-5-13(2)14(3)7-15/h5-7,10-12H,4,8-9H2,1-3H3,(H,25,26,28). The Bertz CT molecular complexity index is 1400. The Hall–Kier alpha value is -3.37. The van der Waals surface area contributed by atoms with E-state index in [2.05, 4.69) is 21.4 Å². The minimum absolute atomic E-state index is 0.0413. The summed E-state index contributed by atoms with van der Waals surface area (Å²) in [5.41, 5.74) is 4.33. The van der Waals surface area contributed by atoms with Gasteiger partial charge in [0.1, 0.15) is 11.4 Å². The third-order valence-corrected chi connectivity index (χ3v) is 6.81. The van der Waals surface area contributed by atoms with Crippen molar-refractivity contribution in [3.63, 3.8) is 0 Å². The van der Waals surface area contributed by atoms with Crippen molar-refractivity contribution in [1.29, 1.82) is 0 Å². The molecule has 4 aromatic rings. The molecule has 0 spiro atoms. The molecule has 0 bridgehead atoms. The smallest absolute Gasteiger partial charge is 0.311 e. The average Bonchev–Trinajstić information content (AvgIpc) is 3.39. The first kappa shape index (κ1) is 22.8. The second kappa shape index (κ2) is 9.63. The number of amides is 1. The molecule has 0 unspecified atom stereocenters. The highest BCUT2D eigenvalue weighted by Gasteiger charge is 2.16. The van der Waals surface area contributed by atoms with Crippen LogP contribution in [-0.4, -0.2) is 33.0 Å². The topological polar surface area (TPSA) is 103 Å². The molecule has 0 saturated carbocycles. The van der Waals surface area contributed by atoms with Gasteiger partial charge in [-0.2, -0.15) is 0 Å². The van der Waals surface area contributed by atoms with Gasteiger partial charge in [-0.05, 0) is 37.5 Å². The molecule has 0 aliphatic heterocycles. The van der Waals surface area contributed by atoms with E-state index < -0.39 is 5.91 Å². The minimum Gasteiger partial charge on any atom is -0.466 e. The van der Waals surface area contributed by atoms with Crippen LogP contribution in [0.3, 0.4) is 0 Å². The molecule has 0 aliphatic carbocycles. The van der Waals surface area contributed by atoms with E-state index in [4.69, 9.17) is 4.74 Å². The molecule has 4 rings (SSSR count). The number of thiophene rings is 1. The summed E-state index contributed by atoms with van der Waals surface area (Å²) in [6.07, 6.45) is 1.43. The SMILES string of the molecule is CCOC(=O)Cc1csc(NC(=O)Cn2cnc3scc(-c4ccc(C)c(C)c4)c3c2=O)n1. The molecule has 0 aliphatic rings. The van der Waals surface area contributed by atoms with E-state index in [1.165, 1.54) is 39.1 Å². The largest absolute Gasteiger partial charge is 0.466 e. The molecule has 3 heterocycles. The fourth-order valence-corrected chi connectivity index (χ4v) is 4.95. The van der Waals surface area contributed by atoms with E-state index >= 15 is 0 Å². The molecule has 1 amide bonds. The van der Waals surface area contributed by atoms with Crippen LogP contribution in [0.1, 0.15) is 23.7 Å². The van der Waals surface area contributed by atoms with E-state index in [1.807, 2.05) is 31.4 Å². The Morgan fingerprint density at radius 1 is 1.15 bits per heavy atom. The Labute approximate surface area is 197 Å². The van der Waals surface area contributed by atoms with Gasteiger partial charge in [-0.25, -0.2) is 9.97 Å². The van der Waals surface area contributed by atoms with Crippen LogP contribution in [0.5, 0.6) is 0 Å². The van der Waals surface area contributed by atoms with Crippen LogP contribution in [0, 0.1) is 13.8 Å². The number of hydrogen-bond donors (Lipinski definition) is 1. The highest BCUT2D eigenvalue weighted by molar-refractivity contribution is 7.17. The number of benzene rings is 1. The maximum absolute atomic E-state index is 13.2. The van der Waals surface area contributed by atoms with Gasteiger partial charge < -0.3 is 10.1 Å². The predicted octanol–water partition coefficient (Wildman–Crippen LogP) is 3.94. The van der Waals surface area contributed by atoms with Crippen molar-refractivity contribution in [2.24, 2.45) is 0 Å². The van der Waals surface area contributed by atoms with Crippen molar-refractivity contribution in [3.05, 3.63) is 62.5 Å². The number of rotatable bonds is 7. The van der Waals surface area contributed by atoms with Crippen LogP contribution in [0.4, 0.5) is 5.13 Å². The number of thiazole rings is 1. The Morgan fingerprint density at radius 3 is 2.73 bits per heavy atom. The lowest BCUT2D eigenvalue weighted by Gasteiger charge is -2.07. The van der Waals surface area contributed by atoms with Gasteiger partial charge in [0.05, 0.1) is 30.4 Å². The van der Waals surface area contributed by atoms with Gasteiger partial charge in [0, 0.05) is 16.3 Å². The first-order valence-electron chi connectivity index (χ1n) is 10.3. The molecule has 33 heavy (non-hydrogen) atoms. The third-order valence-electron chi connectivity index (χ3n) is 5.12. The summed E-state index contributed by atoms with van der Waals surface area (Å²) < 4.78 is 6.20. The number of esters is 1.